The van der Waals surface area contributed by atoms with Gasteiger partial charge in [-0.3, -0.25) is 0 Å². The van der Waals surface area contributed by atoms with E-state index >= 15 is 0 Å². The van der Waals surface area contributed by atoms with Crippen LogP contribution in [0.5, 0.6) is 5.75 Å². The van der Waals surface area contributed by atoms with Crippen molar-refractivity contribution >= 4 is 0 Å². The van der Waals surface area contributed by atoms with Crippen LogP contribution in [0.25, 0.3) is 0 Å². The maximum atomic E-state index is 5.42. The van der Waals surface area contributed by atoms with Crippen molar-refractivity contribution < 1.29 is 4.74 Å². The predicted molar refractivity (Wildman–Crippen MR) is 86.2 cm³/mol. The molecule has 0 heterocycles. The molecule has 1 aromatic carbocycles. The van der Waals surface area contributed by atoms with Gasteiger partial charge in [0.1, 0.15) is 5.75 Å². The Morgan fingerprint density at radius 1 is 1.30 bits per heavy atom. The number of hydrogen-bond acceptors (Lipinski definition) is 3. The Kier molecular flexibility index (Phi) is 6.50. The van der Waals surface area contributed by atoms with Gasteiger partial charge < -0.3 is 15.0 Å². The summed E-state index contributed by atoms with van der Waals surface area (Å²) in [5.74, 6) is 0.969. The molecule has 1 N–H and O–H groups in total. The minimum atomic E-state index is 0.229. The number of rotatable bonds is 8. The lowest BCUT2D eigenvalue weighted by Gasteiger charge is -2.36. The van der Waals surface area contributed by atoms with Gasteiger partial charge in [-0.25, -0.2) is 0 Å². The van der Waals surface area contributed by atoms with Gasteiger partial charge in [0, 0.05) is 24.7 Å². The lowest BCUT2D eigenvalue weighted by molar-refractivity contribution is 0.160. The Labute approximate surface area is 124 Å². The molecule has 0 spiro atoms. The summed E-state index contributed by atoms with van der Waals surface area (Å²) in [6.07, 6.45) is 0. The van der Waals surface area contributed by atoms with Gasteiger partial charge in [0.25, 0.3) is 0 Å². The number of benzene rings is 1. The van der Waals surface area contributed by atoms with Gasteiger partial charge in [-0.05, 0) is 32.0 Å². The molecule has 1 atom stereocenters. The molecule has 3 heteroatoms. The average Bonchev–Trinajstić information content (AvgIpc) is 2.38. The van der Waals surface area contributed by atoms with Gasteiger partial charge >= 0.3 is 0 Å². The topological polar surface area (TPSA) is 24.5 Å². The van der Waals surface area contributed by atoms with Crippen LogP contribution in [0.4, 0.5) is 0 Å². The molecule has 114 valence electrons. The fourth-order valence-electron chi connectivity index (χ4n) is 2.60. The third kappa shape index (κ3) is 4.80. The first-order valence-electron chi connectivity index (χ1n) is 7.44. The van der Waals surface area contributed by atoms with Gasteiger partial charge in [-0.1, -0.05) is 39.0 Å². The largest absolute Gasteiger partial charge is 0.496 e. The highest BCUT2D eigenvalue weighted by Crippen LogP contribution is 2.24. The zero-order chi connectivity index (χ0) is 15.2. The molecule has 3 nitrogen and oxygen atoms in total. The third-order valence-electron chi connectivity index (χ3n) is 3.99. The highest BCUT2D eigenvalue weighted by atomic mass is 16.5. The minimum Gasteiger partial charge on any atom is -0.496 e. The normalized spacial score (nSPS) is 13.6. The van der Waals surface area contributed by atoms with Gasteiger partial charge in [0.2, 0.25) is 0 Å². The second-order valence-corrected chi connectivity index (χ2v) is 6.25. The molecule has 1 rings (SSSR count). The molecule has 0 fully saturated rings. The number of para-hydroxylation sites is 1. The van der Waals surface area contributed by atoms with E-state index in [1.807, 2.05) is 12.1 Å². The summed E-state index contributed by atoms with van der Waals surface area (Å²) in [5, 5.41) is 3.53. The molecule has 0 aliphatic rings. The fourth-order valence-corrected chi connectivity index (χ4v) is 2.60. The van der Waals surface area contributed by atoms with E-state index in [4.69, 9.17) is 4.74 Å². The van der Waals surface area contributed by atoms with Crippen molar-refractivity contribution in [3.63, 3.8) is 0 Å². The van der Waals surface area contributed by atoms with Gasteiger partial charge in [0.15, 0.2) is 0 Å². The van der Waals surface area contributed by atoms with Gasteiger partial charge in [-0.15, -0.1) is 0 Å². The molecular weight excluding hydrogens is 248 g/mol. The van der Waals surface area contributed by atoms with Crippen molar-refractivity contribution in [2.24, 2.45) is 5.41 Å². The quantitative estimate of drug-likeness (QED) is 0.790. The monoisotopic (exact) mass is 278 g/mol. The summed E-state index contributed by atoms with van der Waals surface area (Å²) < 4.78 is 5.42. The van der Waals surface area contributed by atoms with E-state index < -0.39 is 0 Å². The average molecular weight is 278 g/mol. The Morgan fingerprint density at radius 3 is 2.55 bits per heavy atom. The van der Waals surface area contributed by atoms with Crippen LogP contribution in [-0.2, 0) is 6.54 Å². The Bertz CT molecular complexity index is 404. The van der Waals surface area contributed by atoms with E-state index in [1.54, 1.807) is 7.11 Å². The Balaban J connectivity index is 2.65. The van der Waals surface area contributed by atoms with Crippen LogP contribution in [-0.4, -0.2) is 38.2 Å². The van der Waals surface area contributed by atoms with Crippen LogP contribution < -0.4 is 10.1 Å². The number of methoxy groups -OCH3 is 1. The Hall–Kier alpha value is -1.06. The first-order valence-corrected chi connectivity index (χ1v) is 7.44. The predicted octanol–water partition coefficient (Wildman–Crippen LogP) is 3.15. The number of ether oxygens (including phenoxy) is 1. The molecule has 1 aromatic rings. The zero-order valence-corrected chi connectivity index (χ0v) is 13.9. The van der Waals surface area contributed by atoms with Crippen molar-refractivity contribution in [1.29, 1.82) is 0 Å². The summed E-state index contributed by atoms with van der Waals surface area (Å²) in [6.45, 7) is 12.0. The first kappa shape index (κ1) is 17.0. The molecule has 0 bridgehead atoms. The maximum absolute atomic E-state index is 5.42. The van der Waals surface area contributed by atoms with E-state index in [0.29, 0.717) is 6.04 Å². The van der Waals surface area contributed by atoms with Crippen molar-refractivity contribution in [3.05, 3.63) is 29.8 Å². The molecule has 0 radical (unpaired) electrons. The summed E-state index contributed by atoms with van der Waals surface area (Å²) in [7, 11) is 3.91. The molecular formula is C17H30N2O. The highest BCUT2D eigenvalue weighted by Gasteiger charge is 2.26. The lowest BCUT2D eigenvalue weighted by Crippen LogP contribution is -2.45. The summed E-state index contributed by atoms with van der Waals surface area (Å²) >= 11 is 0. The molecule has 1 unspecified atom stereocenters. The van der Waals surface area contributed by atoms with E-state index in [-0.39, 0.29) is 5.41 Å². The number of nitrogens with zero attached hydrogens (tertiary/aromatic N) is 1. The summed E-state index contributed by atoms with van der Waals surface area (Å²) in [6, 6.07) is 8.73. The smallest absolute Gasteiger partial charge is 0.123 e. The number of hydrogen-bond donors (Lipinski definition) is 1. The lowest BCUT2D eigenvalue weighted by atomic mass is 9.84. The SMILES string of the molecule is CCNC(C)C(C)(C)CN(C)Cc1ccccc1OC. The van der Waals surface area contributed by atoms with Gasteiger partial charge in [-0.2, -0.15) is 0 Å². The molecule has 0 amide bonds. The molecule has 20 heavy (non-hydrogen) atoms. The highest BCUT2D eigenvalue weighted by molar-refractivity contribution is 5.33. The number of nitrogens with one attached hydrogen (secondary N) is 1. The van der Waals surface area contributed by atoms with Crippen LogP contribution in [0.2, 0.25) is 0 Å². The standard InChI is InChI=1S/C17H30N2O/c1-7-18-14(2)17(3,4)13-19(5)12-15-10-8-9-11-16(15)20-6/h8-11,14,18H,7,12-13H2,1-6H3. The van der Waals surface area contributed by atoms with Crippen molar-refractivity contribution in [2.75, 3.05) is 27.2 Å². The molecule has 0 saturated carbocycles. The van der Waals surface area contributed by atoms with Crippen LogP contribution in [0.3, 0.4) is 0 Å². The van der Waals surface area contributed by atoms with Crippen molar-refractivity contribution in [2.45, 2.75) is 40.3 Å². The Morgan fingerprint density at radius 2 is 1.95 bits per heavy atom. The third-order valence-corrected chi connectivity index (χ3v) is 3.99. The molecule has 0 aliphatic heterocycles. The van der Waals surface area contributed by atoms with Crippen LogP contribution in [0.15, 0.2) is 24.3 Å². The van der Waals surface area contributed by atoms with Crippen LogP contribution >= 0.6 is 0 Å². The van der Waals surface area contributed by atoms with E-state index in [0.717, 1.165) is 25.4 Å². The first-order chi connectivity index (χ1) is 9.40. The summed E-state index contributed by atoms with van der Waals surface area (Å²) in [5.41, 5.74) is 1.47. The van der Waals surface area contributed by atoms with Gasteiger partial charge in [0.05, 0.1) is 7.11 Å². The fraction of sp³-hybridized carbons (Fsp3) is 0.647. The van der Waals surface area contributed by atoms with E-state index in [1.165, 1.54) is 5.56 Å². The van der Waals surface area contributed by atoms with E-state index in [9.17, 15) is 0 Å². The zero-order valence-electron chi connectivity index (χ0n) is 13.9. The van der Waals surface area contributed by atoms with Crippen LogP contribution in [0.1, 0.15) is 33.3 Å². The second-order valence-electron chi connectivity index (χ2n) is 6.25. The van der Waals surface area contributed by atoms with E-state index in [2.05, 4.69) is 57.1 Å². The molecule has 0 aliphatic carbocycles. The van der Waals surface area contributed by atoms with Crippen molar-refractivity contribution in [1.82, 2.24) is 10.2 Å². The molecule has 0 aromatic heterocycles. The maximum Gasteiger partial charge on any atom is 0.123 e. The van der Waals surface area contributed by atoms with Crippen LogP contribution in [0, 0.1) is 5.41 Å². The molecule has 0 saturated heterocycles. The minimum absolute atomic E-state index is 0.229. The van der Waals surface area contributed by atoms with Crippen molar-refractivity contribution in [3.8, 4) is 5.75 Å². The second kappa shape index (κ2) is 7.65. The summed E-state index contributed by atoms with van der Waals surface area (Å²) in [4.78, 5) is 2.37.